The second-order valence-corrected chi connectivity index (χ2v) is 4.64. The molecule has 0 radical (unpaired) electrons. The van der Waals surface area contributed by atoms with E-state index in [2.05, 4.69) is 24.1 Å². The number of piperidine rings is 1. The Kier molecular flexibility index (Phi) is 7.81. The number of rotatable bonds is 8. The van der Waals surface area contributed by atoms with Crippen molar-refractivity contribution < 1.29 is 4.74 Å². The highest BCUT2D eigenvalue weighted by molar-refractivity contribution is 4.73. The van der Waals surface area contributed by atoms with Gasteiger partial charge in [-0.2, -0.15) is 0 Å². The molecule has 0 amide bonds. The van der Waals surface area contributed by atoms with Gasteiger partial charge in [0.25, 0.3) is 0 Å². The van der Waals surface area contributed by atoms with Gasteiger partial charge in [-0.05, 0) is 51.9 Å². The summed E-state index contributed by atoms with van der Waals surface area (Å²) < 4.78 is 5.83. The first-order chi connectivity index (χ1) is 7.86. The minimum absolute atomic E-state index is 0.493. The number of hydrogen-bond donors (Lipinski definition) is 1. The second-order valence-electron chi connectivity index (χ2n) is 4.64. The summed E-state index contributed by atoms with van der Waals surface area (Å²) in [7, 11) is 0. The summed E-state index contributed by atoms with van der Waals surface area (Å²) >= 11 is 0. The molecular formula is C13H28N2O. The maximum atomic E-state index is 5.83. The molecule has 0 aromatic heterocycles. The molecule has 0 bridgehead atoms. The quantitative estimate of drug-likeness (QED) is 0.642. The van der Waals surface area contributed by atoms with E-state index >= 15 is 0 Å². The second kappa shape index (κ2) is 8.97. The van der Waals surface area contributed by atoms with Gasteiger partial charge < -0.3 is 15.0 Å². The van der Waals surface area contributed by atoms with E-state index in [4.69, 9.17) is 4.74 Å². The monoisotopic (exact) mass is 228 g/mol. The molecule has 0 saturated carbocycles. The molecule has 0 spiro atoms. The molecule has 1 unspecified atom stereocenters. The van der Waals surface area contributed by atoms with Gasteiger partial charge in [0, 0.05) is 13.2 Å². The van der Waals surface area contributed by atoms with Crippen molar-refractivity contribution in [3.05, 3.63) is 0 Å². The van der Waals surface area contributed by atoms with Crippen molar-refractivity contribution in [2.45, 2.75) is 45.6 Å². The first-order valence-corrected chi connectivity index (χ1v) is 6.91. The summed E-state index contributed by atoms with van der Waals surface area (Å²) in [6, 6.07) is 0. The topological polar surface area (TPSA) is 24.5 Å². The molecule has 1 heterocycles. The number of hydrogen-bond acceptors (Lipinski definition) is 3. The zero-order chi connectivity index (χ0) is 11.6. The van der Waals surface area contributed by atoms with Gasteiger partial charge in [-0.3, -0.25) is 0 Å². The van der Waals surface area contributed by atoms with Crippen LogP contribution in [-0.2, 0) is 4.74 Å². The molecule has 3 heteroatoms. The fourth-order valence-corrected chi connectivity index (χ4v) is 2.24. The summed E-state index contributed by atoms with van der Waals surface area (Å²) in [4.78, 5) is 2.56. The van der Waals surface area contributed by atoms with Crippen LogP contribution in [0.2, 0.25) is 0 Å². The Morgan fingerprint density at radius 2 is 2.25 bits per heavy atom. The number of nitrogens with one attached hydrogen (secondary N) is 1. The van der Waals surface area contributed by atoms with Crippen molar-refractivity contribution in [3.63, 3.8) is 0 Å². The third kappa shape index (κ3) is 5.83. The normalized spacial score (nSPS) is 22.5. The summed E-state index contributed by atoms with van der Waals surface area (Å²) in [5.74, 6) is 0. The summed E-state index contributed by atoms with van der Waals surface area (Å²) in [6.07, 6.45) is 5.44. The Morgan fingerprint density at radius 3 is 3.00 bits per heavy atom. The van der Waals surface area contributed by atoms with E-state index in [1.165, 1.54) is 32.4 Å². The van der Waals surface area contributed by atoms with Crippen LogP contribution in [0.1, 0.15) is 39.5 Å². The van der Waals surface area contributed by atoms with E-state index < -0.39 is 0 Å². The molecule has 1 saturated heterocycles. The van der Waals surface area contributed by atoms with Crippen LogP contribution < -0.4 is 5.32 Å². The molecule has 96 valence electrons. The van der Waals surface area contributed by atoms with E-state index in [1.54, 1.807) is 0 Å². The standard InChI is InChI=1S/C13H28N2O/c1-3-11-16-13-7-5-9-15(12-13)10-6-8-14-4-2/h13-14H,3-12H2,1-2H3. The number of ether oxygens (including phenoxy) is 1. The SMILES string of the molecule is CCCOC1CCCN(CCCNCC)C1. The smallest absolute Gasteiger partial charge is 0.0702 e. The van der Waals surface area contributed by atoms with Gasteiger partial charge in [0.05, 0.1) is 6.10 Å². The van der Waals surface area contributed by atoms with Crippen LogP contribution in [-0.4, -0.2) is 50.3 Å². The first kappa shape index (κ1) is 13.9. The number of nitrogens with zero attached hydrogens (tertiary/aromatic N) is 1. The predicted octanol–water partition coefficient (Wildman–Crippen LogP) is 1.88. The highest BCUT2D eigenvalue weighted by Gasteiger charge is 2.19. The van der Waals surface area contributed by atoms with Crippen molar-refractivity contribution in [2.24, 2.45) is 0 Å². The zero-order valence-electron chi connectivity index (χ0n) is 11.0. The molecule has 0 aromatic rings. The van der Waals surface area contributed by atoms with Crippen LogP contribution in [0, 0.1) is 0 Å². The predicted molar refractivity (Wildman–Crippen MR) is 68.9 cm³/mol. The lowest BCUT2D eigenvalue weighted by atomic mass is 10.1. The van der Waals surface area contributed by atoms with Crippen LogP contribution >= 0.6 is 0 Å². The minimum Gasteiger partial charge on any atom is -0.377 e. The van der Waals surface area contributed by atoms with Crippen molar-refractivity contribution in [2.75, 3.05) is 39.3 Å². The Labute approximate surface area is 101 Å². The van der Waals surface area contributed by atoms with Gasteiger partial charge in [-0.25, -0.2) is 0 Å². The average Bonchev–Trinajstić information content (AvgIpc) is 2.33. The van der Waals surface area contributed by atoms with Crippen molar-refractivity contribution in [3.8, 4) is 0 Å². The third-order valence-corrected chi connectivity index (χ3v) is 3.10. The molecular weight excluding hydrogens is 200 g/mol. The summed E-state index contributed by atoms with van der Waals surface area (Å²) in [5.41, 5.74) is 0. The molecule has 1 fully saturated rings. The lowest BCUT2D eigenvalue weighted by Gasteiger charge is -2.32. The van der Waals surface area contributed by atoms with Gasteiger partial charge >= 0.3 is 0 Å². The highest BCUT2D eigenvalue weighted by atomic mass is 16.5. The van der Waals surface area contributed by atoms with Crippen molar-refractivity contribution in [1.82, 2.24) is 10.2 Å². The van der Waals surface area contributed by atoms with Crippen molar-refractivity contribution >= 4 is 0 Å². The molecule has 1 aliphatic rings. The third-order valence-electron chi connectivity index (χ3n) is 3.10. The van der Waals surface area contributed by atoms with Gasteiger partial charge in [0.1, 0.15) is 0 Å². The molecule has 1 rings (SSSR count). The van der Waals surface area contributed by atoms with E-state index in [0.29, 0.717) is 6.10 Å². The lowest BCUT2D eigenvalue weighted by Crippen LogP contribution is -2.40. The Bertz CT molecular complexity index is 164. The van der Waals surface area contributed by atoms with Gasteiger partial charge in [0.2, 0.25) is 0 Å². The van der Waals surface area contributed by atoms with E-state index in [0.717, 1.165) is 32.7 Å². The summed E-state index contributed by atoms with van der Waals surface area (Å²) in [5, 5.41) is 3.38. The fraction of sp³-hybridized carbons (Fsp3) is 1.00. The lowest BCUT2D eigenvalue weighted by molar-refractivity contribution is -0.000176. The Hall–Kier alpha value is -0.120. The van der Waals surface area contributed by atoms with Crippen LogP contribution in [0.5, 0.6) is 0 Å². The minimum atomic E-state index is 0.493. The molecule has 1 atom stereocenters. The van der Waals surface area contributed by atoms with Gasteiger partial charge in [-0.1, -0.05) is 13.8 Å². The Morgan fingerprint density at radius 1 is 1.38 bits per heavy atom. The summed E-state index contributed by atoms with van der Waals surface area (Å²) in [6.45, 7) is 11.1. The van der Waals surface area contributed by atoms with Crippen LogP contribution in [0.25, 0.3) is 0 Å². The maximum absolute atomic E-state index is 5.83. The molecule has 3 nitrogen and oxygen atoms in total. The zero-order valence-corrected chi connectivity index (χ0v) is 11.0. The number of likely N-dealkylation sites (tertiary alicyclic amines) is 1. The van der Waals surface area contributed by atoms with E-state index in [9.17, 15) is 0 Å². The highest BCUT2D eigenvalue weighted by Crippen LogP contribution is 2.13. The molecule has 0 aliphatic carbocycles. The van der Waals surface area contributed by atoms with E-state index in [1.807, 2.05) is 0 Å². The van der Waals surface area contributed by atoms with Crippen LogP contribution in [0.15, 0.2) is 0 Å². The van der Waals surface area contributed by atoms with Gasteiger partial charge in [0.15, 0.2) is 0 Å². The maximum Gasteiger partial charge on any atom is 0.0702 e. The molecule has 1 N–H and O–H groups in total. The average molecular weight is 228 g/mol. The van der Waals surface area contributed by atoms with E-state index in [-0.39, 0.29) is 0 Å². The van der Waals surface area contributed by atoms with Gasteiger partial charge in [-0.15, -0.1) is 0 Å². The van der Waals surface area contributed by atoms with Crippen molar-refractivity contribution in [1.29, 1.82) is 0 Å². The van der Waals surface area contributed by atoms with Crippen LogP contribution in [0.4, 0.5) is 0 Å². The fourth-order valence-electron chi connectivity index (χ4n) is 2.24. The Balaban J connectivity index is 2.07. The first-order valence-electron chi connectivity index (χ1n) is 6.91. The molecule has 16 heavy (non-hydrogen) atoms. The molecule has 1 aliphatic heterocycles. The largest absolute Gasteiger partial charge is 0.377 e. The molecule has 0 aromatic carbocycles. The van der Waals surface area contributed by atoms with Crippen LogP contribution in [0.3, 0.4) is 0 Å².